The minimum absolute atomic E-state index is 0.0795. The molecule has 0 bridgehead atoms. The summed E-state index contributed by atoms with van der Waals surface area (Å²) in [5.74, 6) is -1.25. The third kappa shape index (κ3) is 1.96. The summed E-state index contributed by atoms with van der Waals surface area (Å²) in [5.41, 5.74) is 4.85. The van der Waals surface area contributed by atoms with Gasteiger partial charge in [-0.15, -0.1) is 0 Å². The summed E-state index contributed by atoms with van der Waals surface area (Å²) in [5, 5.41) is 10.3. The highest BCUT2D eigenvalue weighted by Gasteiger charge is 2.64. The standard InChI is InChI=1S/C15H18FN3O3/c1-9-6-13(21)19(11-4-2-10(16)3-5-11)15(9)8-18(14(15)22)7-12(17)20/h2-5,9,13,21H,6-8H2,1H3,(H2,17,20). The first kappa shape index (κ1) is 14.8. The molecule has 2 aliphatic rings. The Labute approximate surface area is 127 Å². The van der Waals surface area contributed by atoms with E-state index in [1.165, 1.54) is 17.0 Å². The predicted molar refractivity (Wildman–Crippen MR) is 77.2 cm³/mol. The number of likely N-dealkylation sites (tertiary alicyclic amines) is 1. The molecule has 3 atom stereocenters. The molecule has 0 saturated carbocycles. The second kappa shape index (κ2) is 4.95. The van der Waals surface area contributed by atoms with Crippen molar-refractivity contribution in [3.8, 4) is 0 Å². The van der Waals surface area contributed by atoms with Crippen LogP contribution < -0.4 is 10.6 Å². The van der Waals surface area contributed by atoms with E-state index < -0.39 is 17.7 Å². The lowest BCUT2D eigenvalue weighted by Gasteiger charge is -2.54. The maximum atomic E-state index is 13.1. The minimum atomic E-state index is -0.882. The summed E-state index contributed by atoms with van der Waals surface area (Å²) < 4.78 is 13.1. The van der Waals surface area contributed by atoms with Crippen molar-refractivity contribution in [3.63, 3.8) is 0 Å². The zero-order valence-electron chi connectivity index (χ0n) is 12.2. The monoisotopic (exact) mass is 307 g/mol. The van der Waals surface area contributed by atoms with Gasteiger partial charge < -0.3 is 20.6 Å². The van der Waals surface area contributed by atoms with Crippen molar-refractivity contribution in [1.82, 2.24) is 4.90 Å². The molecule has 1 aromatic carbocycles. The second-order valence-electron chi connectivity index (χ2n) is 6.02. The molecule has 2 heterocycles. The lowest BCUT2D eigenvalue weighted by molar-refractivity contribution is -0.155. The Hall–Kier alpha value is -2.15. The van der Waals surface area contributed by atoms with Crippen LogP contribution in [0, 0.1) is 11.7 Å². The highest BCUT2D eigenvalue weighted by molar-refractivity contribution is 5.99. The number of carbonyl (C=O) groups is 2. The van der Waals surface area contributed by atoms with Gasteiger partial charge in [0.05, 0.1) is 13.1 Å². The Morgan fingerprint density at radius 3 is 2.64 bits per heavy atom. The zero-order chi connectivity index (χ0) is 16.1. The second-order valence-corrected chi connectivity index (χ2v) is 6.02. The van der Waals surface area contributed by atoms with Crippen LogP contribution in [0.5, 0.6) is 0 Å². The summed E-state index contributed by atoms with van der Waals surface area (Å²) in [6.45, 7) is 2.09. The van der Waals surface area contributed by atoms with Crippen molar-refractivity contribution in [1.29, 1.82) is 0 Å². The minimum Gasteiger partial charge on any atom is -0.374 e. The smallest absolute Gasteiger partial charge is 0.251 e. The number of hydrogen-bond acceptors (Lipinski definition) is 4. The molecule has 3 unspecified atom stereocenters. The van der Waals surface area contributed by atoms with Crippen molar-refractivity contribution in [2.45, 2.75) is 25.1 Å². The number of rotatable bonds is 3. The molecule has 6 nitrogen and oxygen atoms in total. The van der Waals surface area contributed by atoms with Gasteiger partial charge in [-0.25, -0.2) is 4.39 Å². The fourth-order valence-corrected chi connectivity index (χ4v) is 3.60. The number of anilines is 1. The van der Waals surface area contributed by atoms with E-state index in [4.69, 9.17) is 5.73 Å². The molecular formula is C15H18FN3O3. The van der Waals surface area contributed by atoms with Gasteiger partial charge in [-0.2, -0.15) is 0 Å². The first-order valence-corrected chi connectivity index (χ1v) is 7.17. The molecule has 0 aromatic heterocycles. The Morgan fingerprint density at radius 1 is 1.45 bits per heavy atom. The van der Waals surface area contributed by atoms with Gasteiger partial charge in [-0.05, 0) is 36.6 Å². The van der Waals surface area contributed by atoms with Gasteiger partial charge in [-0.1, -0.05) is 6.92 Å². The van der Waals surface area contributed by atoms with Gasteiger partial charge in [0, 0.05) is 5.69 Å². The molecule has 118 valence electrons. The van der Waals surface area contributed by atoms with E-state index in [-0.39, 0.29) is 24.2 Å². The number of carbonyl (C=O) groups excluding carboxylic acids is 2. The van der Waals surface area contributed by atoms with Crippen LogP contribution >= 0.6 is 0 Å². The van der Waals surface area contributed by atoms with E-state index in [1.54, 1.807) is 17.0 Å². The van der Waals surface area contributed by atoms with Crippen molar-refractivity contribution < 1.29 is 19.1 Å². The largest absolute Gasteiger partial charge is 0.374 e. The fourth-order valence-electron chi connectivity index (χ4n) is 3.60. The van der Waals surface area contributed by atoms with Crippen LogP contribution in [-0.4, -0.2) is 46.7 Å². The topological polar surface area (TPSA) is 86.9 Å². The number of β-lactam (4-membered cyclic amide) rings is 1. The summed E-state index contributed by atoms with van der Waals surface area (Å²) in [7, 11) is 0. The van der Waals surface area contributed by atoms with Crippen LogP contribution in [0.3, 0.4) is 0 Å². The normalized spacial score (nSPS) is 30.8. The number of hydrogen-bond donors (Lipinski definition) is 2. The van der Waals surface area contributed by atoms with Crippen LogP contribution in [0.4, 0.5) is 10.1 Å². The van der Waals surface area contributed by atoms with Crippen LogP contribution in [0.15, 0.2) is 24.3 Å². The third-order valence-electron chi connectivity index (χ3n) is 4.65. The molecule has 2 amide bonds. The van der Waals surface area contributed by atoms with E-state index >= 15 is 0 Å². The lowest BCUT2D eigenvalue weighted by Crippen LogP contribution is -2.75. The van der Waals surface area contributed by atoms with Crippen molar-refractivity contribution in [2.24, 2.45) is 11.7 Å². The van der Waals surface area contributed by atoms with Crippen LogP contribution in [0.25, 0.3) is 0 Å². The fraction of sp³-hybridized carbons (Fsp3) is 0.467. The van der Waals surface area contributed by atoms with E-state index in [0.29, 0.717) is 18.7 Å². The van der Waals surface area contributed by atoms with Gasteiger partial charge in [0.2, 0.25) is 5.91 Å². The zero-order valence-corrected chi connectivity index (χ0v) is 12.2. The molecule has 3 N–H and O–H groups in total. The molecule has 2 saturated heterocycles. The molecule has 3 rings (SSSR count). The molecule has 0 aliphatic carbocycles. The average Bonchev–Trinajstić information content (AvgIpc) is 2.72. The number of nitrogens with zero attached hydrogens (tertiary/aromatic N) is 2. The van der Waals surface area contributed by atoms with Crippen molar-refractivity contribution >= 4 is 17.5 Å². The molecule has 22 heavy (non-hydrogen) atoms. The number of amides is 2. The molecule has 1 spiro atoms. The maximum absolute atomic E-state index is 13.1. The highest BCUT2D eigenvalue weighted by atomic mass is 19.1. The molecule has 2 fully saturated rings. The van der Waals surface area contributed by atoms with Gasteiger partial charge >= 0.3 is 0 Å². The molecule has 7 heteroatoms. The first-order chi connectivity index (χ1) is 10.4. The number of benzene rings is 1. The summed E-state index contributed by atoms with van der Waals surface area (Å²) in [6, 6.07) is 5.68. The van der Waals surface area contributed by atoms with Gasteiger partial charge in [-0.3, -0.25) is 9.59 Å². The SMILES string of the molecule is CC1CC(O)N(c2ccc(F)cc2)C12CN(CC(N)=O)C2=O. The van der Waals surface area contributed by atoms with Gasteiger partial charge in [0.15, 0.2) is 0 Å². The Kier molecular flexibility index (Phi) is 3.32. The van der Waals surface area contributed by atoms with E-state index in [9.17, 15) is 19.1 Å². The van der Waals surface area contributed by atoms with E-state index in [1.807, 2.05) is 6.92 Å². The van der Waals surface area contributed by atoms with E-state index in [0.717, 1.165) is 0 Å². The number of aliphatic hydroxyl groups excluding tert-OH is 1. The molecule has 0 radical (unpaired) electrons. The molecule has 1 aromatic rings. The van der Waals surface area contributed by atoms with Gasteiger partial charge in [0.1, 0.15) is 17.6 Å². The summed E-state index contributed by atoms with van der Waals surface area (Å²) >= 11 is 0. The van der Waals surface area contributed by atoms with Crippen molar-refractivity contribution in [2.75, 3.05) is 18.0 Å². The molecule has 2 aliphatic heterocycles. The maximum Gasteiger partial charge on any atom is 0.251 e. The quantitative estimate of drug-likeness (QED) is 0.773. The van der Waals surface area contributed by atoms with Crippen LogP contribution in [0.2, 0.25) is 0 Å². The van der Waals surface area contributed by atoms with Crippen LogP contribution in [0.1, 0.15) is 13.3 Å². The Balaban J connectivity index is 1.93. The first-order valence-electron chi connectivity index (χ1n) is 7.17. The predicted octanol–water partition coefficient (Wildman–Crippen LogP) is 0.0566. The van der Waals surface area contributed by atoms with Crippen LogP contribution in [-0.2, 0) is 9.59 Å². The number of aliphatic hydroxyl groups is 1. The summed E-state index contributed by atoms with van der Waals surface area (Å²) in [6.07, 6.45) is -0.381. The average molecular weight is 307 g/mol. The number of primary amides is 1. The van der Waals surface area contributed by atoms with E-state index in [2.05, 4.69) is 0 Å². The highest BCUT2D eigenvalue weighted by Crippen LogP contribution is 2.47. The summed E-state index contributed by atoms with van der Waals surface area (Å²) in [4.78, 5) is 26.6. The lowest BCUT2D eigenvalue weighted by atomic mass is 9.77. The number of nitrogens with two attached hydrogens (primary N) is 1. The number of halogens is 1. The van der Waals surface area contributed by atoms with Crippen molar-refractivity contribution in [3.05, 3.63) is 30.1 Å². The third-order valence-corrected chi connectivity index (χ3v) is 4.65. The van der Waals surface area contributed by atoms with Gasteiger partial charge in [0.25, 0.3) is 5.91 Å². The Bertz CT molecular complexity index is 621. The Morgan fingerprint density at radius 2 is 2.09 bits per heavy atom. The molecular weight excluding hydrogens is 289 g/mol.